The molecule has 0 amide bonds. The molecule has 100 valence electrons. The first kappa shape index (κ1) is 14.9. The van der Waals surface area contributed by atoms with Crippen LogP contribution in [0.25, 0.3) is 0 Å². The Balaban J connectivity index is 2.92. The van der Waals surface area contributed by atoms with Gasteiger partial charge in [-0.15, -0.1) is 0 Å². The van der Waals surface area contributed by atoms with Crippen LogP contribution in [0.1, 0.15) is 58.3 Å². The van der Waals surface area contributed by atoms with E-state index in [1.807, 2.05) is 6.92 Å². The number of hydrogen-bond donors (Lipinski definition) is 0. The maximum absolute atomic E-state index is 13.3. The zero-order valence-electron chi connectivity index (χ0n) is 10.2. The van der Waals surface area contributed by atoms with Gasteiger partial charge in [0.1, 0.15) is 5.16 Å². The van der Waals surface area contributed by atoms with Gasteiger partial charge < -0.3 is 0 Å². The van der Waals surface area contributed by atoms with Gasteiger partial charge in [0.15, 0.2) is 8.46 Å². The first-order valence-electron chi connectivity index (χ1n) is 6.39. The van der Waals surface area contributed by atoms with E-state index < -0.39 is 25.7 Å². The number of hydrogen-bond acceptors (Lipinski definition) is 1. The predicted molar refractivity (Wildman–Crippen MR) is 62.5 cm³/mol. The van der Waals surface area contributed by atoms with E-state index >= 15 is 0 Å². The Morgan fingerprint density at radius 2 is 1.76 bits per heavy atom. The molecule has 0 heterocycles. The van der Waals surface area contributed by atoms with E-state index in [1.165, 1.54) is 0 Å². The molecule has 0 N–H and O–H groups in total. The normalized spacial score (nSPS) is 22.6. The lowest BCUT2D eigenvalue weighted by atomic mass is 9.76. The number of rotatable bonds is 5. The molecule has 1 aliphatic carbocycles. The maximum atomic E-state index is 13.3. The summed E-state index contributed by atoms with van der Waals surface area (Å²) in [5.74, 6) is -0.457. The van der Waals surface area contributed by atoms with E-state index in [9.17, 15) is 17.7 Å². The van der Waals surface area contributed by atoms with Crippen LogP contribution in [-0.2, 0) is 4.57 Å². The van der Waals surface area contributed by atoms with Crippen molar-refractivity contribution < 1.29 is 17.7 Å². The number of halogens is 3. The SMILES string of the molecule is CCCCC(P=O)(C1CCCCC1)C(F)(F)F. The van der Waals surface area contributed by atoms with Crippen LogP contribution in [0.5, 0.6) is 0 Å². The van der Waals surface area contributed by atoms with Gasteiger partial charge in [0.25, 0.3) is 0 Å². The average Bonchev–Trinajstić information content (AvgIpc) is 2.30. The van der Waals surface area contributed by atoms with Crippen molar-refractivity contribution in [3.05, 3.63) is 0 Å². The van der Waals surface area contributed by atoms with Crippen LogP contribution in [-0.4, -0.2) is 11.3 Å². The van der Waals surface area contributed by atoms with Gasteiger partial charge in [0.2, 0.25) is 0 Å². The Labute approximate surface area is 102 Å². The zero-order chi connectivity index (χ0) is 12.9. The van der Waals surface area contributed by atoms with Crippen molar-refractivity contribution in [1.82, 2.24) is 0 Å². The summed E-state index contributed by atoms with van der Waals surface area (Å²) in [6, 6.07) is 0. The minimum absolute atomic E-state index is 0.00270. The summed E-state index contributed by atoms with van der Waals surface area (Å²) < 4.78 is 51.1. The van der Waals surface area contributed by atoms with Crippen LogP contribution in [0.3, 0.4) is 0 Å². The molecule has 1 saturated carbocycles. The highest BCUT2D eigenvalue weighted by Crippen LogP contribution is 2.53. The molecular weight excluding hydrogens is 248 g/mol. The molecule has 0 saturated heterocycles. The second-order valence-electron chi connectivity index (χ2n) is 4.95. The summed E-state index contributed by atoms with van der Waals surface area (Å²) in [4.78, 5) is 0. The molecule has 1 fully saturated rings. The van der Waals surface area contributed by atoms with Crippen molar-refractivity contribution in [2.45, 2.75) is 69.6 Å². The van der Waals surface area contributed by atoms with Crippen molar-refractivity contribution in [1.29, 1.82) is 0 Å². The van der Waals surface area contributed by atoms with Gasteiger partial charge in [-0.25, -0.2) is 0 Å². The minimum Gasteiger partial charge on any atom is -0.274 e. The highest BCUT2D eigenvalue weighted by Gasteiger charge is 2.59. The Morgan fingerprint density at radius 1 is 1.18 bits per heavy atom. The Kier molecular flexibility index (Phi) is 5.43. The quantitative estimate of drug-likeness (QED) is 0.614. The van der Waals surface area contributed by atoms with E-state index in [2.05, 4.69) is 0 Å². The molecule has 5 heteroatoms. The Hall–Kier alpha value is -0.110. The first-order chi connectivity index (χ1) is 7.98. The van der Waals surface area contributed by atoms with E-state index in [0.29, 0.717) is 25.7 Å². The van der Waals surface area contributed by atoms with Crippen LogP contribution >= 0.6 is 8.46 Å². The van der Waals surface area contributed by atoms with Gasteiger partial charge >= 0.3 is 6.18 Å². The lowest BCUT2D eigenvalue weighted by molar-refractivity contribution is -0.178. The Bertz CT molecular complexity index is 249. The van der Waals surface area contributed by atoms with Crippen molar-refractivity contribution >= 4 is 8.46 Å². The van der Waals surface area contributed by atoms with Gasteiger partial charge in [0, 0.05) is 0 Å². The van der Waals surface area contributed by atoms with Crippen molar-refractivity contribution in [3.63, 3.8) is 0 Å². The fourth-order valence-corrected chi connectivity index (χ4v) is 3.54. The largest absolute Gasteiger partial charge is 0.405 e. The lowest BCUT2D eigenvalue weighted by Gasteiger charge is -2.39. The van der Waals surface area contributed by atoms with E-state index in [4.69, 9.17) is 0 Å². The lowest BCUT2D eigenvalue weighted by Crippen LogP contribution is -2.47. The molecule has 0 aromatic heterocycles. The summed E-state index contributed by atoms with van der Waals surface area (Å²) in [6.45, 7) is 1.86. The molecule has 1 rings (SSSR count). The third-order valence-electron chi connectivity index (χ3n) is 3.85. The van der Waals surface area contributed by atoms with Crippen LogP contribution in [0.2, 0.25) is 0 Å². The molecule has 0 bridgehead atoms. The van der Waals surface area contributed by atoms with Crippen molar-refractivity contribution in [2.24, 2.45) is 5.92 Å². The summed E-state index contributed by atoms with van der Waals surface area (Å²) in [6.07, 6.45) is 0.667. The van der Waals surface area contributed by atoms with Gasteiger partial charge in [0.05, 0.1) is 0 Å². The van der Waals surface area contributed by atoms with Crippen LogP contribution in [0.15, 0.2) is 0 Å². The summed E-state index contributed by atoms with van der Waals surface area (Å²) in [5.41, 5.74) is 0. The zero-order valence-corrected chi connectivity index (χ0v) is 11.1. The van der Waals surface area contributed by atoms with Crippen LogP contribution < -0.4 is 0 Å². The summed E-state index contributed by atoms with van der Waals surface area (Å²) >= 11 is 0. The molecule has 1 unspecified atom stereocenters. The fraction of sp³-hybridized carbons (Fsp3) is 1.00. The predicted octanol–water partition coefficient (Wildman–Crippen LogP) is 5.35. The monoisotopic (exact) mass is 268 g/mol. The highest BCUT2D eigenvalue weighted by atomic mass is 31.1. The molecule has 0 aromatic rings. The summed E-state index contributed by atoms with van der Waals surface area (Å²) in [7, 11) is -0.734. The standard InChI is InChI=1S/C12H20F3OP/c1-2-3-9-11(17-16,12(13,14)15)10-7-5-4-6-8-10/h10H,2-9H2,1H3. The van der Waals surface area contributed by atoms with Crippen LogP contribution in [0.4, 0.5) is 13.2 Å². The minimum atomic E-state index is -4.35. The third kappa shape index (κ3) is 3.21. The topological polar surface area (TPSA) is 17.1 Å². The molecule has 0 spiro atoms. The number of alkyl halides is 3. The average molecular weight is 268 g/mol. The first-order valence-corrected chi connectivity index (χ1v) is 7.20. The molecule has 1 nitrogen and oxygen atoms in total. The molecule has 0 radical (unpaired) electrons. The Morgan fingerprint density at radius 3 is 2.18 bits per heavy atom. The molecule has 1 aliphatic rings. The van der Waals surface area contributed by atoms with Gasteiger partial charge in [-0.1, -0.05) is 39.0 Å². The smallest absolute Gasteiger partial charge is 0.274 e. The molecular formula is C12H20F3OP. The van der Waals surface area contributed by atoms with Gasteiger partial charge in [-0.2, -0.15) is 13.2 Å². The molecule has 0 aliphatic heterocycles. The van der Waals surface area contributed by atoms with Crippen molar-refractivity contribution in [3.8, 4) is 0 Å². The fourth-order valence-electron chi connectivity index (χ4n) is 2.78. The molecule has 17 heavy (non-hydrogen) atoms. The van der Waals surface area contributed by atoms with E-state index in [0.717, 1.165) is 19.3 Å². The summed E-state index contributed by atoms with van der Waals surface area (Å²) in [5, 5.41) is -1.98. The third-order valence-corrected chi connectivity index (χ3v) is 5.01. The van der Waals surface area contributed by atoms with Crippen molar-refractivity contribution in [2.75, 3.05) is 0 Å². The van der Waals surface area contributed by atoms with Gasteiger partial charge in [-0.05, 0) is 25.2 Å². The maximum Gasteiger partial charge on any atom is 0.405 e. The second-order valence-corrected chi connectivity index (χ2v) is 5.93. The van der Waals surface area contributed by atoms with Gasteiger partial charge in [-0.3, -0.25) is 4.57 Å². The number of unbranched alkanes of at least 4 members (excludes halogenated alkanes) is 1. The second kappa shape index (κ2) is 6.17. The van der Waals surface area contributed by atoms with Crippen LogP contribution in [0, 0.1) is 5.92 Å². The van der Waals surface area contributed by atoms with E-state index in [-0.39, 0.29) is 6.42 Å². The molecule has 0 aromatic carbocycles. The molecule has 1 atom stereocenters. The van der Waals surface area contributed by atoms with E-state index in [1.54, 1.807) is 0 Å². The highest BCUT2D eigenvalue weighted by molar-refractivity contribution is 7.26.